The third-order valence-electron chi connectivity index (χ3n) is 8.12. The van der Waals surface area contributed by atoms with Crippen molar-refractivity contribution in [2.75, 3.05) is 0 Å². The minimum atomic E-state index is -4.06. The maximum absolute atomic E-state index is 10.7. The van der Waals surface area contributed by atoms with Gasteiger partial charge in [-0.15, -0.1) is 0 Å². The van der Waals surface area contributed by atoms with Crippen LogP contribution in [0.4, 0.5) is 0 Å². The normalized spacial score (nSPS) is 13.3. The Morgan fingerprint density at radius 2 is 0.571 bits per heavy atom. The summed E-state index contributed by atoms with van der Waals surface area (Å²) < 4.78 is 18.0. The van der Waals surface area contributed by atoms with Crippen LogP contribution in [-0.2, 0) is 51.9 Å². The number of para-hydroxylation sites is 4. The Kier molecular flexibility index (Phi) is 13.2. The lowest BCUT2D eigenvalue weighted by Gasteiger charge is -2.10. The molecule has 0 amide bonds. The number of hydrogen-bond donors (Lipinski definition) is 4. The first-order chi connectivity index (χ1) is 23.8. The van der Waals surface area contributed by atoms with Gasteiger partial charge in [0.15, 0.2) is 0 Å². The van der Waals surface area contributed by atoms with Gasteiger partial charge in [-0.2, -0.15) is 39.6 Å². The molecule has 0 atom stereocenters. The van der Waals surface area contributed by atoms with Crippen molar-refractivity contribution < 1.29 is 20.4 Å². The second-order valence-corrected chi connectivity index (χ2v) is 13.3. The molecule has 0 aromatic heterocycles. The van der Waals surface area contributed by atoms with Crippen molar-refractivity contribution in [3.8, 4) is 23.0 Å². The maximum atomic E-state index is 10.7. The van der Waals surface area contributed by atoms with Gasteiger partial charge in [-0.1, -0.05) is 100 Å². The van der Waals surface area contributed by atoms with Gasteiger partial charge in [-0.05, 0) is 47.9 Å². The molecule has 0 fully saturated rings. The molecule has 4 aromatic carbocycles. The van der Waals surface area contributed by atoms with E-state index in [9.17, 15) is 20.4 Å². The van der Waals surface area contributed by atoms with E-state index in [1.807, 2.05) is 76.2 Å². The van der Waals surface area contributed by atoms with Crippen LogP contribution in [-0.4, -0.2) is 29.1 Å². The third-order valence-corrected chi connectivity index (χ3v) is 9.76. The fraction of sp³-hybridized carbons (Fsp3) is 0.333. The summed E-state index contributed by atoms with van der Waals surface area (Å²) in [5, 5.41) is 60.5. The molecule has 0 aliphatic carbocycles. The van der Waals surface area contributed by atoms with E-state index in [4.69, 9.17) is 0 Å². The van der Waals surface area contributed by atoms with Crippen molar-refractivity contribution in [1.29, 1.82) is 0 Å². The summed E-state index contributed by atoms with van der Waals surface area (Å²) in [7, 11) is -4.06. The molecule has 4 rings (SSSR count). The van der Waals surface area contributed by atoms with Crippen molar-refractivity contribution in [3.05, 3.63) is 117 Å². The first-order valence-corrected chi connectivity index (χ1v) is 18.3. The number of aryl methyl sites for hydroxylation is 4. The zero-order chi connectivity index (χ0) is 35.2. The Bertz CT molecular complexity index is 1580. The zero-order valence-corrected chi connectivity index (χ0v) is 29.5. The maximum Gasteiger partial charge on any atom is 0.650 e. The van der Waals surface area contributed by atoms with Crippen LogP contribution in [0.3, 0.4) is 0 Å². The van der Waals surface area contributed by atoms with Crippen molar-refractivity contribution in [1.82, 2.24) is 0 Å². The van der Waals surface area contributed by atoms with E-state index in [0.29, 0.717) is 47.9 Å². The Balaban J connectivity index is 1.77. The molecule has 13 heteroatoms. The summed E-state index contributed by atoms with van der Waals surface area (Å²) >= 11 is 0. The van der Waals surface area contributed by atoms with Crippen molar-refractivity contribution in [2.45, 2.75) is 79.6 Å². The molecule has 12 nitrogen and oxygen atoms in total. The number of phenols is 4. The third kappa shape index (κ3) is 9.41. The quantitative estimate of drug-likeness (QED) is 0.0681. The topological polar surface area (TPSA) is 180 Å². The van der Waals surface area contributed by atoms with Crippen molar-refractivity contribution in [3.63, 3.8) is 0 Å². The lowest BCUT2D eigenvalue weighted by Crippen LogP contribution is -2.24. The van der Waals surface area contributed by atoms with E-state index in [1.165, 1.54) is 0 Å². The minimum Gasteiger partial charge on any atom is -0.507 e. The van der Waals surface area contributed by atoms with Crippen LogP contribution < -0.4 is 0 Å². The number of benzene rings is 4. The van der Waals surface area contributed by atoms with E-state index in [1.54, 1.807) is 24.3 Å². The Labute approximate surface area is 288 Å². The molecule has 0 aliphatic rings. The first-order valence-electron chi connectivity index (χ1n) is 16.5. The number of aromatic hydroxyl groups is 4. The molecular weight excluding hydrogens is 637 g/mol. The highest BCUT2D eigenvalue weighted by atomic mass is 28.4. The van der Waals surface area contributed by atoms with Gasteiger partial charge in [0.05, 0.1) is 26.2 Å². The second-order valence-electron chi connectivity index (χ2n) is 11.3. The van der Waals surface area contributed by atoms with Crippen LogP contribution in [0.2, 0.25) is 0 Å². The summed E-state index contributed by atoms with van der Waals surface area (Å²) in [5.74, 6) is 0.574. The molecule has 4 N–H and O–H groups in total. The number of nitrogens with zero attached hydrogens (tertiary/aromatic N) is 8. The standard InChI is InChI=1S/C36H44N8O4Si/c1-5-25-13-9-17-29(33(25)45)21-37-41-49(42-38-22-30-18-10-14-26(6-2)34(30)46,43-39-23-31-19-11-15-27(7-3)35(31)47)44-40-24-32-20-12-16-28(8-4)36(32)48/h9-20,45-48H,5-8,21-24H2,1-4H3. The Morgan fingerprint density at radius 1 is 0.367 bits per heavy atom. The van der Waals surface area contributed by atoms with Gasteiger partial charge in [0, 0.05) is 22.3 Å². The van der Waals surface area contributed by atoms with Gasteiger partial charge in [0.2, 0.25) is 0 Å². The van der Waals surface area contributed by atoms with Gasteiger partial charge in [-0.3, -0.25) is 0 Å². The van der Waals surface area contributed by atoms with E-state index < -0.39 is 8.72 Å². The number of rotatable bonds is 16. The van der Waals surface area contributed by atoms with E-state index in [0.717, 1.165) is 22.3 Å². The lowest BCUT2D eigenvalue weighted by atomic mass is 10.1. The van der Waals surface area contributed by atoms with Crippen LogP contribution >= 0.6 is 0 Å². The molecule has 0 aliphatic heterocycles. The summed E-state index contributed by atoms with van der Waals surface area (Å²) in [6.45, 7) is 7.90. The smallest absolute Gasteiger partial charge is 0.507 e. The summed E-state index contributed by atoms with van der Waals surface area (Å²) in [5.41, 5.74) is 5.42. The minimum absolute atomic E-state index is 0.0208. The molecule has 0 bridgehead atoms. The van der Waals surface area contributed by atoms with Gasteiger partial charge in [0.1, 0.15) is 23.0 Å². The average Bonchev–Trinajstić information content (AvgIpc) is 3.11. The summed E-state index contributed by atoms with van der Waals surface area (Å²) in [6.07, 6.45) is 2.60. The molecule has 49 heavy (non-hydrogen) atoms. The molecule has 0 radical (unpaired) electrons. The predicted molar refractivity (Wildman–Crippen MR) is 190 cm³/mol. The molecule has 0 heterocycles. The van der Waals surface area contributed by atoms with Crippen LogP contribution in [0.25, 0.3) is 0 Å². The van der Waals surface area contributed by atoms with E-state index in [2.05, 4.69) is 39.6 Å². The zero-order valence-electron chi connectivity index (χ0n) is 28.5. The predicted octanol–water partition coefficient (Wildman–Crippen LogP) is 9.10. The summed E-state index contributed by atoms with van der Waals surface area (Å²) in [4.78, 5) is 0. The molecule has 0 saturated heterocycles. The highest BCUT2D eigenvalue weighted by Gasteiger charge is 2.40. The Hall–Kier alpha value is -5.30. The molecule has 0 spiro atoms. The molecule has 256 valence electrons. The fourth-order valence-electron chi connectivity index (χ4n) is 5.18. The highest BCUT2D eigenvalue weighted by Crippen LogP contribution is 2.29. The molecule has 0 unspecified atom stereocenters. The average molecular weight is 681 g/mol. The largest absolute Gasteiger partial charge is 0.650 e. The summed E-state index contributed by atoms with van der Waals surface area (Å²) in [6, 6.07) is 21.8. The number of phenolic OH excluding ortho intramolecular Hbond substituents is 4. The first kappa shape index (κ1) is 36.5. The van der Waals surface area contributed by atoms with Crippen molar-refractivity contribution >= 4 is 8.72 Å². The Morgan fingerprint density at radius 3 is 0.776 bits per heavy atom. The van der Waals surface area contributed by atoms with Crippen LogP contribution in [0.1, 0.15) is 72.2 Å². The molecule has 0 saturated carbocycles. The van der Waals surface area contributed by atoms with Gasteiger partial charge in [0.25, 0.3) is 0 Å². The lowest BCUT2D eigenvalue weighted by molar-refractivity contribution is 0.461. The second kappa shape index (κ2) is 17.7. The van der Waals surface area contributed by atoms with Gasteiger partial charge >= 0.3 is 8.72 Å². The van der Waals surface area contributed by atoms with Gasteiger partial charge in [-0.25, -0.2) is 0 Å². The van der Waals surface area contributed by atoms with Crippen LogP contribution in [0.5, 0.6) is 23.0 Å². The van der Waals surface area contributed by atoms with Crippen molar-refractivity contribution in [2.24, 2.45) is 39.6 Å². The number of hydrogen-bond acceptors (Lipinski definition) is 12. The van der Waals surface area contributed by atoms with E-state index in [-0.39, 0.29) is 49.2 Å². The highest BCUT2D eigenvalue weighted by molar-refractivity contribution is 6.72. The van der Waals surface area contributed by atoms with Crippen LogP contribution in [0.15, 0.2) is 112 Å². The van der Waals surface area contributed by atoms with Gasteiger partial charge < -0.3 is 20.4 Å². The molecular formula is C36H44N8O4Si. The van der Waals surface area contributed by atoms with Crippen LogP contribution in [0, 0.1) is 0 Å². The molecule has 4 aromatic rings. The monoisotopic (exact) mass is 680 g/mol. The fourth-order valence-corrected chi connectivity index (χ4v) is 6.46. The van der Waals surface area contributed by atoms with E-state index >= 15 is 0 Å². The SMILES string of the molecule is CCc1cccc(CN=N[Si](N=NCc2cccc(CC)c2O)(N=NCc2cccc(CC)c2O)N=NCc2cccc(CC)c2O)c1O.